The summed E-state index contributed by atoms with van der Waals surface area (Å²) < 4.78 is 6.27. The molecule has 0 aromatic carbocycles. The van der Waals surface area contributed by atoms with Crippen LogP contribution in [0.5, 0.6) is 0 Å². The Hall–Kier alpha value is -0.340. The summed E-state index contributed by atoms with van der Waals surface area (Å²) in [6, 6.07) is 0.513. The summed E-state index contributed by atoms with van der Waals surface area (Å²) in [6.45, 7) is 9.14. The molecule has 118 valence electrons. The SMILES string of the molecule is C=CCCCCCC(NC)C1(OCC)CCC(C)CC1. The molecule has 1 atom stereocenters. The Morgan fingerprint density at radius 3 is 2.55 bits per heavy atom. The van der Waals surface area contributed by atoms with Gasteiger partial charge in [-0.2, -0.15) is 0 Å². The van der Waals surface area contributed by atoms with Crippen LogP contribution in [0.2, 0.25) is 0 Å². The van der Waals surface area contributed by atoms with E-state index in [1.54, 1.807) is 0 Å². The van der Waals surface area contributed by atoms with Crippen molar-refractivity contribution in [3.63, 3.8) is 0 Å². The van der Waals surface area contributed by atoms with Crippen LogP contribution in [0, 0.1) is 5.92 Å². The fraction of sp³-hybridized carbons (Fsp3) is 0.889. The molecular formula is C18H35NO. The number of allylic oxidation sites excluding steroid dienone is 1. The van der Waals surface area contributed by atoms with E-state index in [1.165, 1.54) is 51.4 Å². The number of likely N-dealkylation sites (N-methyl/N-ethyl adjacent to an activating group) is 1. The number of ether oxygens (including phenoxy) is 1. The van der Waals surface area contributed by atoms with Gasteiger partial charge in [-0.1, -0.05) is 25.8 Å². The molecule has 0 saturated heterocycles. The van der Waals surface area contributed by atoms with Crippen molar-refractivity contribution in [2.24, 2.45) is 5.92 Å². The maximum Gasteiger partial charge on any atom is 0.0834 e. The molecule has 20 heavy (non-hydrogen) atoms. The fourth-order valence-corrected chi connectivity index (χ4v) is 3.62. The smallest absolute Gasteiger partial charge is 0.0834 e. The Kier molecular flexibility index (Phi) is 8.47. The van der Waals surface area contributed by atoms with E-state index >= 15 is 0 Å². The highest BCUT2D eigenvalue weighted by molar-refractivity contribution is 4.96. The van der Waals surface area contributed by atoms with Gasteiger partial charge in [-0.15, -0.1) is 6.58 Å². The van der Waals surface area contributed by atoms with Crippen LogP contribution in [0.15, 0.2) is 12.7 Å². The Labute approximate surface area is 126 Å². The first-order chi connectivity index (χ1) is 9.68. The molecule has 2 nitrogen and oxygen atoms in total. The van der Waals surface area contributed by atoms with E-state index in [1.807, 2.05) is 6.08 Å². The molecule has 0 radical (unpaired) electrons. The van der Waals surface area contributed by atoms with Crippen molar-refractivity contribution in [2.75, 3.05) is 13.7 Å². The van der Waals surface area contributed by atoms with Gasteiger partial charge in [-0.05, 0) is 64.8 Å². The summed E-state index contributed by atoms with van der Waals surface area (Å²) in [6.07, 6.45) is 13.4. The van der Waals surface area contributed by atoms with Crippen LogP contribution >= 0.6 is 0 Å². The van der Waals surface area contributed by atoms with Crippen molar-refractivity contribution < 1.29 is 4.74 Å². The number of hydrogen-bond donors (Lipinski definition) is 1. The molecular weight excluding hydrogens is 246 g/mol. The number of rotatable bonds is 10. The molecule has 0 aromatic heterocycles. The van der Waals surface area contributed by atoms with E-state index in [0.29, 0.717) is 6.04 Å². The third-order valence-electron chi connectivity index (χ3n) is 4.94. The summed E-state index contributed by atoms with van der Waals surface area (Å²) in [7, 11) is 2.10. The molecule has 1 aliphatic carbocycles. The molecule has 1 fully saturated rings. The average Bonchev–Trinajstić information content (AvgIpc) is 2.46. The molecule has 1 N–H and O–H groups in total. The molecule has 0 heterocycles. The topological polar surface area (TPSA) is 21.3 Å². The predicted molar refractivity (Wildman–Crippen MR) is 88.1 cm³/mol. The first-order valence-corrected chi connectivity index (χ1v) is 8.60. The van der Waals surface area contributed by atoms with Gasteiger partial charge in [0.05, 0.1) is 5.60 Å². The zero-order chi connectivity index (χ0) is 14.8. The highest BCUT2D eigenvalue weighted by Gasteiger charge is 2.40. The monoisotopic (exact) mass is 281 g/mol. The van der Waals surface area contributed by atoms with Crippen LogP contribution in [0.1, 0.15) is 71.6 Å². The van der Waals surface area contributed by atoms with Crippen molar-refractivity contribution in [1.29, 1.82) is 0 Å². The van der Waals surface area contributed by atoms with Gasteiger partial charge in [-0.25, -0.2) is 0 Å². The van der Waals surface area contributed by atoms with Crippen LogP contribution in [-0.4, -0.2) is 25.3 Å². The van der Waals surface area contributed by atoms with Gasteiger partial charge < -0.3 is 10.1 Å². The second kappa shape index (κ2) is 9.57. The minimum absolute atomic E-state index is 0.0917. The highest BCUT2D eigenvalue weighted by Crippen LogP contribution is 2.38. The van der Waals surface area contributed by atoms with Crippen LogP contribution in [0.3, 0.4) is 0 Å². The van der Waals surface area contributed by atoms with E-state index in [9.17, 15) is 0 Å². The van der Waals surface area contributed by atoms with E-state index in [0.717, 1.165) is 18.9 Å². The van der Waals surface area contributed by atoms with E-state index in [4.69, 9.17) is 4.74 Å². The lowest BCUT2D eigenvalue weighted by Gasteiger charge is -2.45. The first-order valence-electron chi connectivity index (χ1n) is 8.60. The van der Waals surface area contributed by atoms with Gasteiger partial charge in [-0.3, -0.25) is 0 Å². The van der Waals surface area contributed by atoms with Crippen molar-refractivity contribution in [1.82, 2.24) is 5.32 Å². The van der Waals surface area contributed by atoms with E-state index in [-0.39, 0.29) is 5.60 Å². The summed E-state index contributed by atoms with van der Waals surface area (Å²) in [5.74, 6) is 0.869. The highest BCUT2D eigenvalue weighted by atomic mass is 16.5. The van der Waals surface area contributed by atoms with Gasteiger partial charge in [0, 0.05) is 12.6 Å². The van der Waals surface area contributed by atoms with E-state index in [2.05, 4.69) is 32.8 Å². The lowest BCUT2D eigenvalue weighted by molar-refractivity contribution is -0.0967. The Morgan fingerprint density at radius 2 is 2.00 bits per heavy atom. The molecule has 0 aromatic rings. The van der Waals surface area contributed by atoms with Crippen LogP contribution in [0.4, 0.5) is 0 Å². The van der Waals surface area contributed by atoms with Crippen molar-refractivity contribution in [3.8, 4) is 0 Å². The van der Waals surface area contributed by atoms with Gasteiger partial charge in [0.2, 0.25) is 0 Å². The zero-order valence-corrected chi connectivity index (χ0v) is 13.9. The van der Waals surface area contributed by atoms with Crippen LogP contribution in [-0.2, 0) is 4.74 Å². The number of unbranched alkanes of at least 4 members (excludes halogenated alkanes) is 3. The molecule has 1 unspecified atom stereocenters. The Bertz CT molecular complexity index is 256. The van der Waals surface area contributed by atoms with Gasteiger partial charge in [0.25, 0.3) is 0 Å². The molecule has 1 saturated carbocycles. The zero-order valence-electron chi connectivity index (χ0n) is 13.9. The molecule has 0 amide bonds. The first kappa shape index (κ1) is 17.7. The maximum atomic E-state index is 6.27. The number of hydrogen-bond acceptors (Lipinski definition) is 2. The largest absolute Gasteiger partial charge is 0.374 e. The van der Waals surface area contributed by atoms with Gasteiger partial charge >= 0.3 is 0 Å². The van der Waals surface area contributed by atoms with E-state index < -0.39 is 0 Å². The normalized spacial score (nSPS) is 28.2. The summed E-state index contributed by atoms with van der Waals surface area (Å²) in [5.41, 5.74) is 0.0917. The van der Waals surface area contributed by atoms with Crippen LogP contribution in [0.25, 0.3) is 0 Å². The average molecular weight is 281 g/mol. The second-order valence-electron chi connectivity index (χ2n) is 6.45. The quantitative estimate of drug-likeness (QED) is 0.463. The molecule has 2 heteroatoms. The minimum atomic E-state index is 0.0917. The molecule has 0 spiro atoms. The summed E-state index contributed by atoms with van der Waals surface area (Å²) >= 11 is 0. The van der Waals surface area contributed by atoms with Crippen molar-refractivity contribution >= 4 is 0 Å². The Balaban J connectivity index is 2.50. The number of nitrogens with one attached hydrogen (secondary N) is 1. The molecule has 1 aliphatic rings. The lowest BCUT2D eigenvalue weighted by atomic mass is 9.74. The lowest BCUT2D eigenvalue weighted by Crippen LogP contribution is -2.53. The second-order valence-corrected chi connectivity index (χ2v) is 6.45. The molecule has 0 aliphatic heterocycles. The third kappa shape index (κ3) is 5.21. The molecule has 1 rings (SSSR count). The summed E-state index contributed by atoms with van der Waals surface area (Å²) in [5, 5.41) is 3.56. The van der Waals surface area contributed by atoms with Crippen molar-refractivity contribution in [3.05, 3.63) is 12.7 Å². The standard InChI is InChI=1S/C18H35NO/c1-5-7-8-9-10-11-17(19-4)18(20-6-2)14-12-16(3)13-15-18/h5,16-17,19H,1,6-15H2,2-4H3. The van der Waals surface area contributed by atoms with Gasteiger partial charge in [0.15, 0.2) is 0 Å². The Morgan fingerprint density at radius 1 is 1.30 bits per heavy atom. The predicted octanol–water partition coefficient (Wildman–Crippen LogP) is 4.70. The van der Waals surface area contributed by atoms with Crippen molar-refractivity contribution in [2.45, 2.75) is 83.3 Å². The third-order valence-corrected chi connectivity index (χ3v) is 4.94. The van der Waals surface area contributed by atoms with Gasteiger partial charge in [0.1, 0.15) is 0 Å². The summed E-state index contributed by atoms with van der Waals surface area (Å²) in [4.78, 5) is 0. The minimum Gasteiger partial charge on any atom is -0.374 e. The molecule has 0 bridgehead atoms. The van der Waals surface area contributed by atoms with Crippen LogP contribution < -0.4 is 5.32 Å². The maximum absolute atomic E-state index is 6.27. The fourth-order valence-electron chi connectivity index (χ4n) is 3.62.